The van der Waals surface area contributed by atoms with Gasteiger partial charge in [-0.05, 0) is 13.0 Å². The molecular formula is C9H17N3O. The largest absolute Gasteiger partial charge is 0.390 e. The van der Waals surface area contributed by atoms with E-state index in [0.717, 1.165) is 13.0 Å². The molecule has 2 N–H and O–H groups in total. The minimum atomic E-state index is -0.333. The molecule has 0 aliphatic carbocycles. The fraction of sp³-hybridized carbons (Fsp3) is 0.667. The van der Waals surface area contributed by atoms with Gasteiger partial charge in [0.15, 0.2) is 0 Å². The Hall–Kier alpha value is -0.870. The number of nitrogens with one attached hydrogen (secondary N) is 1. The fourth-order valence-electron chi connectivity index (χ4n) is 1.15. The maximum atomic E-state index is 9.54. The van der Waals surface area contributed by atoms with Gasteiger partial charge in [0.2, 0.25) is 0 Å². The molecule has 1 heterocycles. The molecule has 4 heteroatoms. The summed E-state index contributed by atoms with van der Waals surface area (Å²) in [6.45, 7) is 4.32. The van der Waals surface area contributed by atoms with Gasteiger partial charge in [-0.1, -0.05) is 6.92 Å². The van der Waals surface area contributed by atoms with Crippen LogP contribution in [0.3, 0.4) is 0 Å². The van der Waals surface area contributed by atoms with Crippen molar-refractivity contribution in [1.29, 1.82) is 0 Å². The van der Waals surface area contributed by atoms with Crippen molar-refractivity contribution < 1.29 is 5.11 Å². The van der Waals surface area contributed by atoms with Crippen LogP contribution in [0.25, 0.3) is 0 Å². The van der Waals surface area contributed by atoms with Gasteiger partial charge < -0.3 is 15.0 Å². The maximum absolute atomic E-state index is 9.54. The number of rotatable bonds is 6. The molecule has 0 spiro atoms. The Morgan fingerprint density at radius 1 is 1.62 bits per heavy atom. The molecule has 0 aliphatic heterocycles. The second kappa shape index (κ2) is 5.72. The summed E-state index contributed by atoms with van der Waals surface area (Å²) in [7, 11) is 0. The first-order valence-electron chi connectivity index (χ1n) is 4.67. The first kappa shape index (κ1) is 10.2. The van der Waals surface area contributed by atoms with Gasteiger partial charge in [-0.2, -0.15) is 0 Å². The normalized spacial score (nSPS) is 13.1. The average molecular weight is 183 g/mol. The lowest BCUT2D eigenvalue weighted by Gasteiger charge is -2.11. The zero-order valence-electron chi connectivity index (χ0n) is 7.98. The van der Waals surface area contributed by atoms with Gasteiger partial charge in [0.25, 0.3) is 0 Å². The molecule has 0 aromatic carbocycles. The highest BCUT2D eigenvalue weighted by Gasteiger charge is 2.02. The summed E-state index contributed by atoms with van der Waals surface area (Å²) < 4.78 is 1.87. The third-order valence-electron chi connectivity index (χ3n) is 1.79. The zero-order chi connectivity index (χ0) is 9.52. The second-order valence-electron chi connectivity index (χ2n) is 3.12. The van der Waals surface area contributed by atoms with Crippen LogP contribution < -0.4 is 5.32 Å². The summed E-state index contributed by atoms with van der Waals surface area (Å²) in [5.41, 5.74) is 0. The van der Waals surface area contributed by atoms with Gasteiger partial charge in [-0.25, -0.2) is 4.98 Å². The van der Waals surface area contributed by atoms with Crippen LogP contribution in [0.15, 0.2) is 18.7 Å². The number of hydrogen-bond acceptors (Lipinski definition) is 3. The summed E-state index contributed by atoms with van der Waals surface area (Å²) in [5, 5.41) is 12.7. The van der Waals surface area contributed by atoms with E-state index < -0.39 is 0 Å². The molecule has 1 aromatic rings. The molecule has 1 aromatic heterocycles. The van der Waals surface area contributed by atoms with Crippen LogP contribution in [0.2, 0.25) is 0 Å². The average Bonchev–Trinajstić information content (AvgIpc) is 2.57. The molecule has 1 unspecified atom stereocenters. The van der Waals surface area contributed by atoms with Crippen LogP contribution in [0.5, 0.6) is 0 Å². The van der Waals surface area contributed by atoms with Crippen LogP contribution in [0.4, 0.5) is 0 Å². The molecule has 0 saturated heterocycles. The van der Waals surface area contributed by atoms with E-state index in [1.165, 1.54) is 0 Å². The number of imidazole rings is 1. The van der Waals surface area contributed by atoms with Gasteiger partial charge >= 0.3 is 0 Å². The Morgan fingerprint density at radius 2 is 2.46 bits per heavy atom. The van der Waals surface area contributed by atoms with E-state index in [0.29, 0.717) is 13.1 Å². The molecule has 4 nitrogen and oxygen atoms in total. The van der Waals surface area contributed by atoms with Crippen molar-refractivity contribution in [2.75, 3.05) is 13.1 Å². The number of hydrogen-bond donors (Lipinski definition) is 2. The SMILES string of the molecule is CCCNCC(O)Cn1ccnc1. The summed E-state index contributed by atoms with van der Waals surface area (Å²) in [5.74, 6) is 0. The van der Waals surface area contributed by atoms with Crippen molar-refractivity contribution in [2.45, 2.75) is 26.0 Å². The number of nitrogens with zero attached hydrogens (tertiary/aromatic N) is 2. The highest BCUT2D eigenvalue weighted by atomic mass is 16.3. The Morgan fingerprint density at radius 3 is 3.08 bits per heavy atom. The highest BCUT2D eigenvalue weighted by Crippen LogP contribution is 1.90. The molecular weight excluding hydrogens is 166 g/mol. The predicted octanol–water partition coefficient (Wildman–Crippen LogP) is 0.244. The lowest BCUT2D eigenvalue weighted by molar-refractivity contribution is 0.151. The minimum absolute atomic E-state index is 0.333. The van der Waals surface area contributed by atoms with Gasteiger partial charge in [0, 0.05) is 18.9 Å². The number of aliphatic hydroxyl groups is 1. The Labute approximate surface area is 78.6 Å². The van der Waals surface area contributed by atoms with Crippen LogP contribution in [-0.4, -0.2) is 33.9 Å². The summed E-state index contributed by atoms with van der Waals surface area (Å²) in [4.78, 5) is 3.90. The minimum Gasteiger partial charge on any atom is -0.390 e. The lowest BCUT2D eigenvalue weighted by atomic mass is 10.3. The van der Waals surface area contributed by atoms with Crippen LogP contribution >= 0.6 is 0 Å². The molecule has 0 amide bonds. The van der Waals surface area contributed by atoms with Crippen molar-refractivity contribution in [3.05, 3.63) is 18.7 Å². The van der Waals surface area contributed by atoms with Crippen LogP contribution in [0, 0.1) is 0 Å². The predicted molar refractivity (Wildman–Crippen MR) is 51.4 cm³/mol. The fourth-order valence-corrected chi connectivity index (χ4v) is 1.15. The quantitative estimate of drug-likeness (QED) is 0.621. The van der Waals surface area contributed by atoms with E-state index >= 15 is 0 Å². The Bertz CT molecular complexity index is 211. The van der Waals surface area contributed by atoms with E-state index in [1.54, 1.807) is 12.5 Å². The Kier molecular flexibility index (Phi) is 4.49. The van der Waals surface area contributed by atoms with E-state index in [1.807, 2.05) is 10.8 Å². The van der Waals surface area contributed by atoms with E-state index in [9.17, 15) is 5.11 Å². The standard InChI is InChI=1S/C9H17N3O/c1-2-3-10-6-9(13)7-12-5-4-11-8-12/h4-5,8-10,13H,2-3,6-7H2,1H3. The zero-order valence-corrected chi connectivity index (χ0v) is 7.98. The van der Waals surface area contributed by atoms with E-state index in [4.69, 9.17) is 0 Å². The number of aliphatic hydroxyl groups excluding tert-OH is 1. The molecule has 13 heavy (non-hydrogen) atoms. The third-order valence-corrected chi connectivity index (χ3v) is 1.79. The van der Waals surface area contributed by atoms with Crippen LogP contribution in [0.1, 0.15) is 13.3 Å². The summed E-state index contributed by atoms with van der Waals surface area (Å²) >= 11 is 0. The lowest BCUT2D eigenvalue weighted by Crippen LogP contribution is -2.30. The first-order valence-corrected chi connectivity index (χ1v) is 4.67. The van der Waals surface area contributed by atoms with Crippen LogP contribution in [-0.2, 0) is 6.54 Å². The Balaban J connectivity index is 2.14. The molecule has 0 aliphatic rings. The molecule has 1 atom stereocenters. The van der Waals surface area contributed by atoms with Gasteiger partial charge in [-0.3, -0.25) is 0 Å². The first-order chi connectivity index (χ1) is 6.33. The smallest absolute Gasteiger partial charge is 0.0946 e. The molecule has 1 rings (SSSR count). The molecule has 0 fully saturated rings. The van der Waals surface area contributed by atoms with Gasteiger partial charge in [0.05, 0.1) is 19.0 Å². The van der Waals surface area contributed by atoms with Crippen molar-refractivity contribution in [1.82, 2.24) is 14.9 Å². The molecule has 0 saturated carbocycles. The maximum Gasteiger partial charge on any atom is 0.0946 e. The van der Waals surface area contributed by atoms with Crippen molar-refractivity contribution >= 4 is 0 Å². The molecule has 74 valence electrons. The topological polar surface area (TPSA) is 50.1 Å². The second-order valence-corrected chi connectivity index (χ2v) is 3.12. The number of aromatic nitrogens is 2. The highest BCUT2D eigenvalue weighted by molar-refractivity contribution is 4.75. The monoisotopic (exact) mass is 183 g/mol. The van der Waals surface area contributed by atoms with E-state index in [2.05, 4.69) is 17.2 Å². The molecule has 0 radical (unpaired) electrons. The molecule has 0 bridgehead atoms. The summed E-state index contributed by atoms with van der Waals surface area (Å²) in [6.07, 6.45) is 6.04. The third kappa shape index (κ3) is 4.05. The summed E-state index contributed by atoms with van der Waals surface area (Å²) in [6, 6.07) is 0. The van der Waals surface area contributed by atoms with E-state index in [-0.39, 0.29) is 6.10 Å². The van der Waals surface area contributed by atoms with Crippen molar-refractivity contribution in [3.8, 4) is 0 Å². The van der Waals surface area contributed by atoms with Crippen molar-refractivity contribution in [3.63, 3.8) is 0 Å². The van der Waals surface area contributed by atoms with Gasteiger partial charge in [0.1, 0.15) is 0 Å². The van der Waals surface area contributed by atoms with Crippen molar-refractivity contribution in [2.24, 2.45) is 0 Å². The van der Waals surface area contributed by atoms with Gasteiger partial charge in [-0.15, -0.1) is 0 Å².